The van der Waals surface area contributed by atoms with Gasteiger partial charge in [-0.05, 0) is 38.4 Å². The van der Waals surface area contributed by atoms with Crippen LogP contribution in [0.2, 0.25) is 0 Å². The van der Waals surface area contributed by atoms with Crippen molar-refractivity contribution in [1.29, 1.82) is 0 Å². The van der Waals surface area contributed by atoms with E-state index in [-0.39, 0.29) is 5.78 Å². The molecule has 0 heterocycles. The Morgan fingerprint density at radius 3 is 2.10 bits per heavy atom. The molecule has 0 aliphatic carbocycles. The standard InChI is InChI=1S/C16H29NO3/c1-2-3-4-8-13-17-14-9-6-5-7-10-15(18)11-12-16(19)20/h11-12,17H,2-10,13-14H2,1H3,(H,19,20). The van der Waals surface area contributed by atoms with Gasteiger partial charge in [-0.1, -0.05) is 39.0 Å². The summed E-state index contributed by atoms with van der Waals surface area (Å²) in [5.41, 5.74) is 0. The van der Waals surface area contributed by atoms with E-state index in [0.717, 1.165) is 50.9 Å². The first-order chi connectivity index (χ1) is 9.66. The van der Waals surface area contributed by atoms with Crippen LogP contribution in [0.25, 0.3) is 0 Å². The van der Waals surface area contributed by atoms with E-state index in [1.165, 1.54) is 25.7 Å². The summed E-state index contributed by atoms with van der Waals surface area (Å²) < 4.78 is 0. The molecule has 0 saturated carbocycles. The lowest BCUT2D eigenvalue weighted by Crippen LogP contribution is -2.16. The monoisotopic (exact) mass is 283 g/mol. The predicted molar refractivity (Wildman–Crippen MR) is 81.9 cm³/mol. The average molecular weight is 283 g/mol. The molecule has 0 radical (unpaired) electrons. The Labute approximate surface area is 122 Å². The number of nitrogens with one attached hydrogen (secondary N) is 1. The van der Waals surface area contributed by atoms with Gasteiger partial charge in [-0.3, -0.25) is 4.79 Å². The summed E-state index contributed by atoms with van der Waals surface area (Å²) in [6, 6.07) is 0. The van der Waals surface area contributed by atoms with Crippen molar-refractivity contribution in [2.75, 3.05) is 13.1 Å². The van der Waals surface area contributed by atoms with E-state index in [0.29, 0.717) is 6.42 Å². The van der Waals surface area contributed by atoms with Crippen molar-refractivity contribution in [1.82, 2.24) is 5.32 Å². The third-order valence-electron chi connectivity index (χ3n) is 3.15. The Kier molecular flexibility index (Phi) is 13.4. The molecule has 0 unspecified atom stereocenters. The Balaban J connectivity index is 3.20. The molecule has 0 aromatic rings. The highest BCUT2D eigenvalue weighted by molar-refractivity contribution is 5.95. The summed E-state index contributed by atoms with van der Waals surface area (Å²) in [5.74, 6) is -1.16. The number of allylic oxidation sites excluding steroid dienone is 1. The van der Waals surface area contributed by atoms with Gasteiger partial charge in [0.25, 0.3) is 0 Å². The maximum Gasteiger partial charge on any atom is 0.328 e. The number of ketones is 1. The molecule has 0 aliphatic rings. The molecule has 0 aromatic carbocycles. The lowest BCUT2D eigenvalue weighted by molar-refractivity contribution is -0.131. The molecule has 0 rings (SSSR count). The van der Waals surface area contributed by atoms with Crippen LogP contribution in [0.5, 0.6) is 0 Å². The van der Waals surface area contributed by atoms with Crippen molar-refractivity contribution in [3.05, 3.63) is 12.2 Å². The molecular formula is C16H29NO3. The van der Waals surface area contributed by atoms with Crippen molar-refractivity contribution in [3.63, 3.8) is 0 Å². The fourth-order valence-electron chi connectivity index (χ4n) is 1.95. The van der Waals surface area contributed by atoms with Crippen LogP contribution in [0.4, 0.5) is 0 Å². The number of hydrogen-bond acceptors (Lipinski definition) is 3. The number of carbonyl (C=O) groups is 2. The normalized spacial score (nSPS) is 11.1. The highest BCUT2D eigenvalue weighted by Crippen LogP contribution is 2.04. The molecule has 0 saturated heterocycles. The minimum absolute atomic E-state index is 0.0959. The third-order valence-corrected chi connectivity index (χ3v) is 3.15. The lowest BCUT2D eigenvalue weighted by atomic mass is 10.1. The zero-order valence-corrected chi connectivity index (χ0v) is 12.7. The van der Waals surface area contributed by atoms with Crippen LogP contribution >= 0.6 is 0 Å². The topological polar surface area (TPSA) is 66.4 Å². The Morgan fingerprint density at radius 1 is 0.900 bits per heavy atom. The summed E-state index contributed by atoms with van der Waals surface area (Å²) in [6.45, 7) is 4.38. The first kappa shape index (κ1) is 18.8. The van der Waals surface area contributed by atoms with Crippen LogP contribution in [-0.4, -0.2) is 29.9 Å². The summed E-state index contributed by atoms with van der Waals surface area (Å²) in [6.07, 6.45) is 11.8. The molecule has 116 valence electrons. The second-order valence-electron chi connectivity index (χ2n) is 5.11. The van der Waals surface area contributed by atoms with E-state index in [9.17, 15) is 9.59 Å². The van der Waals surface area contributed by atoms with Crippen molar-refractivity contribution in [3.8, 4) is 0 Å². The molecule has 0 bridgehead atoms. The van der Waals surface area contributed by atoms with E-state index in [2.05, 4.69) is 12.2 Å². The highest BCUT2D eigenvalue weighted by atomic mass is 16.4. The number of carboxylic acids is 1. The number of hydrogen-bond donors (Lipinski definition) is 2. The van der Waals surface area contributed by atoms with Gasteiger partial charge in [0.1, 0.15) is 0 Å². The van der Waals surface area contributed by atoms with Crippen LogP contribution < -0.4 is 5.32 Å². The maximum atomic E-state index is 11.2. The molecule has 0 aliphatic heterocycles. The summed E-state index contributed by atoms with van der Waals surface area (Å²) >= 11 is 0. The Morgan fingerprint density at radius 2 is 1.50 bits per heavy atom. The summed E-state index contributed by atoms with van der Waals surface area (Å²) in [7, 11) is 0. The van der Waals surface area contributed by atoms with Crippen LogP contribution in [0.15, 0.2) is 12.2 Å². The first-order valence-electron chi connectivity index (χ1n) is 7.81. The molecule has 0 amide bonds. The van der Waals surface area contributed by atoms with Crippen molar-refractivity contribution in [2.45, 2.75) is 64.7 Å². The van der Waals surface area contributed by atoms with Crippen LogP contribution in [0.3, 0.4) is 0 Å². The van der Waals surface area contributed by atoms with E-state index in [1.807, 2.05) is 0 Å². The lowest BCUT2D eigenvalue weighted by Gasteiger charge is -2.04. The van der Waals surface area contributed by atoms with E-state index in [1.54, 1.807) is 0 Å². The Hall–Kier alpha value is -1.16. The fraction of sp³-hybridized carbons (Fsp3) is 0.750. The first-order valence-corrected chi connectivity index (χ1v) is 7.81. The minimum atomic E-state index is -1.07. The molecule has 4 nitrogen and oxygen atoms in total. The number of unbranched alkanes of at least 4 members (excludes halogenated alkanes) is 6. The van der Waals surface area contributed by atoms with Crippen LogP contribution in [-0.2, 0) is 9.59 Å². The van der Waals surface area contributed by atoms with Gasteiger partial charge in [-0.15, -0.1) is 0 Å². The van der Waals surface area contributed by atoms with E-state index < -0.39 is 5.97 Å². The largest absolute Gasteiger partial charge is 0.478 e. The summed E-state index contributed by atoms with van der Waals surface area (Å²) in [4.78, 5) is 21.5. The molecular weight excluding hydrogens is 254 g/mol. The zero-order chi connectivity index (χ0) is 15.1. The second-order valence-corrected chi connectivity index (χ2v) is 5.11. The van der Waals surface area contributed by atoms with Gasteiger partial charge in [-0.25, -0.2) is 4.79 Å². The fourth-order valence-corrected chi connectivity index (χ4v) is 1.95. The van der Waals surface area contributed by atoms with Gasteiger partial charge >= 0.3 is 5.97 Å². The number of aliphatic carboxylic acids is 1. The molecule has 4 heteroatoms. The predicted octanol–water partition coefficient (Wildman–Crippen LogP) is 3.32. The molecule has 0 fully saturated rings. The van der Waals surface area contributed by atoms with Gasteiger partial charge in [0, 0.05) is 12.5 Å². The number of carboxylic acid groups (broad SMARTS) is 1. The zero-order valence-electron chi connectivity index (χ0n) is 12.7. The average Bonchev–Trinajstić information content (AvgIpc) is 2.42. The van der Waals surface area contributed by atoms with E-state index >= 15 is 0 Å². The van der Waals surface area contributed by atoms with E-state index in [4.69, 9.17) is 5.11 Å². The quantitative estimate of drug-likeness (QED) is 0.379. The minimum Gasteiger partial charge on any atom is -0.478 e. The van der Waals surface area contributed by atoms with Gasteiger partial charge in [0.2, 0.25) is 0 Å². The molecule has 0 aromatic heterocycles. The van der Waals surface area contributed by atoms with Gasteiger partial charge in [0.05, 0.1) is 0 Å². The molecule has 0 spiro atoms. The smallest absolute Gasteiger partial charge is 0.328 e. The molecule has 0 atom stereocenters. The number of carbonyl (C=O) groups excluding carboxylic acids is 1. The highest BCUT2D eigenvalue weighted by Gasteiger charge is 1.98. The Bertz CT molecular complexity index is 287. The van der Waals surface area contributed by atoms with Crippen molar-refractivity contribution < 1.29 is 14.7 Å². The SMILES string of the molecule is CCCCCCNCCCCCCC(=O)C=CC(=O)O. The van der Waals surface area contributed by atoms with Gasteiger partial charge in [-0.2, -0.15) is 0 Å². The number of rotatable bonds is 14. The third kappa shape index (κ3) is 14.9. The van der Waals surface area contributed by atoms with Crippen LogP contribution in [0.1, 0.15) is 64.7 Å². The molecule has 20 heavy (non-hydrogen) atoms. The molecule has 2 N–H and O–H groups in total. The van der Waals surface area contributed by atoms with Crippen LogP contribution in [0, 0.1) is 0 Å². The second kappa shape index (κ2) is 14.3. The maximum absolute atomic E-state index is 11.2. The summed E-state index contributed by atoms with van der Waals surface area (Å²) in [5, 5.41) is 11.8. The van der Waals surface area contributed by atoms with Gasteiger partial charge in [0.15, 0.2) is 5.78 Å². The van der Waals surface area contributed by atoms with Gasteiger partial charge < -0.3 is 10.4 Å². The van der Waals surface area contributed by atoms with Crippen molar-refractivity contribution >= 4 is 11.8 Å². The van der Waals surface area contributed by atoms with Crippen molar-refractivity contribution in [2.24, 2.45) is 0 Å².